The fourth-order valence-corrected chi connectivity index (χ4v) is 4.61. The molecule has 3 atom stereocenters. The molecule has 0 aromatic rings. The van der Waals surface area contributed by atoms with E-state index >= 15 is 0 Å². The largest absolute Gasteiger partial charge is 0.298 e. The first-order valence-corrected chi connectivity index (χ1v) is 7.38. The molecule has 0 aliphatic heterocycles. The summed E-state index contributed by atoms with van der Waals surface area (Å²) in [6.07, 6.45) is 9.86. The van der Waals surface area contributed by atoms with Crippen LogP contribution in [0.3, 0.4) is 0 Å². The molecule has 15 heavy (non-hydrogen) atoms. The van der Waals surface area contributed by atoms with Crippen molar-refractivity contribution in [1.29, 1.82) is 0 Å². The highest BCUT2D eigenvalue weighted by Gasteiger charge is 2.28. The second-order valence-corrected chi connectivity index (χ2v) is 6.74. The van der Waals surface area contributed by atoms with E-state index < -0.39 is 0 Å². The van der Waals surface area contributed by atoms with Gasteiger partial charge in [-0.05, 0) is 31.6 Å². The van der Waals surface area contributed by atoms with Gasteiger partial charge in [-0.3, -0.25) is 4.79 Å². The highest BCUT2D eigenvalue weighted by Crippen LogP contribution is 2.37. The zero-order valence-corrected chi connectivity index (χ0v) is 10.5. The highest BCUT2D eigenvalue weighted by atomic mass is 32.2. The predicted molar refractivity (Wildman–Crippen MR) is 66.3 cm³/mol. The van der Waals surface area contributed by atoms with Crippen LogP contribution in [0.25, 0.3) is 0 Å². The molecule has 2 saturated carbocycles. The van der Waals surface area contributed by atoms with Gasteiger partial charge in [0.05, 0.1) is 5.25 Å². The molecule has 3 unspecified atom stereocenters. The normalized spacial score (nSPS) is 37.9. The van der Waals surface area contributed by atoms with E-state index in [4.69, 9.17) is 0 Å². The summed E-state index contributed by atoms with van der Waals surface area (Å²) in [6, 6.07) is 0. The van der Waals surface area contributed by atoms with E-state index in [9.17, 15) is 4.79 Å². The maximum Gasteiger partial charge on any atom is 0.145 e. The maximum absolute atomic E-state index is 11.7. The van der Waals surface area contributed by atoms with Crippen molar-refractivity contribution in [2.75, 3.05) is 0 Å². The van der Waals surface area contributed by atoms with Crippen LogP contribution in [0.2, 0.25) is 0 Å². The van der Waals surface area contributed by atoms with Crippen LogP contribution in [0.5, 0.6) is 0 Å². The minimum absolute atomic E-state index is 0.356. The van der Waals surface area contributed by atoms with Gasteiger partial charge < -0.3 is 0 Å². The molecule has 0 aromatic carbocycles. The Morgan fingerprint density at radius 2 is 2.00 bits per heavy atom. The van der Waals surface area contributed by atoms with Gasteiger partial charge in [0.2, 0.25) is 0 Å². The average Bonchev–Trinajstić information content (AvgIpc) is 2.22. The molecule has 0 spiro atoms. The number of carbonyl (C=O) groups is 1. The fourth-order valence-electron chi connectivity index (χ4n) is 2.83. The summed E-state index contributed by atoms with van der Waals surface area (Å²) >= 11 is 2.00. The van der Waals surface area contributed by atoms with E-state index in [1.165, 1.54) is 32.1 Å². The van der Waals surface area contributed by atoms with E-state index in [1.807, 2.05) is 11.8 Å². The molecule has 86 valence electrons. The van der Waals surface area contributed by atoms with Crippen molar-refractivity contribution >= 4 is 17.5 Å². The molecule has 0 saturated heterocycles. The number of rotatable bonds is 2. The number of hydrogen-bond acceptors (Lipinski definition) is 2. The fraction of sp³-hybridized carbons (Fsp3) is 0.923. The Bertz CT molecular complexity index is 227. The number of thioether (sulfide) groups is 1. The van der Waals surface area contributed by atoms with Gasteiger partial charge in [0.25, 0.3) is 0 Å². The van der Waals surface area contributed by atoms with Crippen molar-refractivity contribution in [3.8, 4) is 0 Å². The van der Waals surface area contributed by atoms with Crippen LogP contribution >= 0.6 is 11.8 Å². The Hall–Kier alpha value is 0.0200. The van der Waals surface area contributed by atoms with Crippen LogP contribution in [-0.4, -0.2) is 16.3 Å². The predicted octanol–water partition coefficient (Wildman–Crippen LogP) is 3.81. The van der Waals surface area contributed by atoms with E-state index in [1.54, 1.807) is 0 Å². The Kier molecular flexibility index (Phi) is 4.13. The minimum Gasteiger partial charge on any atom is -0.298 e. The molecular weight excluding hydrogens is 204 g/mol. The topological polar surface area (TPSA) is 17.1 Å². The van der Waals surface area contributed by atoms with Crippen molar-refractivity contribution < 1.29 is 4.79 Å². The molecule has 2 aliphatic rings. The monoisotopic (exact) mass is 226 g/mol. The van der Waals surface area contributed by atoms with E-state index in [0.717, 1.165) is 30.4 Å². The minimum atomic E-state index is 0.356. The van der Waals surface area contributed by atoms with E-state index in [2.05, 4.69) is 6.92 Å². The van der Waals surface area contributed by atoms with Gasteiger partial charge in [0, 0.05) is 11.7 Å². The lowest BCUT2D eigenvalue weighted by molar-refractivity contribution is -0.119. The Morgan fingerprint density at radius 1 is 1.13 bits per heavy atom. The van der Waals surface area contributed by atoms with Gasteiger partial charge in [0.1, 0.15) is 5.78 Å². The third-order valence-corrected chi connectivity index (χ3v) is 5.38. The third kappa shape index (κ3) is 3.24. The number of ketones is 1. The molecule has 2 aliphatic carbocycles. The van der Waals surface area contributed by atoms with Crippen LogP contribution in [0.15, 0.2) is 0 Å². The maximum atomic E-state index is 11.7. The van der Waals surface area contributed by atoms with Gasteiger partial charge in [-0.25, -0.2) is 0 Å². The van der Waals surface area contributed by atoms with Crippen LogP contribution in [0.4, 0.5) is 0 Å². The highest BCUT2D eigenvalue weighted by molar-refractivity contribution is 8.01. The van der Waals surface area contributed by atoms with E-state index in [0.29, 0.717) is 11.0 Å². The molecule has 2 rings (SSSR count). The van der Waals surface area contributed by atoms with Crippen LogP contribution in [-0.2, 0) is 4.79 Å². The zero-order valence-electron chi connectivity index (χ0n) is 9.71. The van der Waals surface area contributed by atoms with Gasteiger partial charge in [-0.15, -0.1) is 11.8 Å². The van der Waals surface area contributed by atoms with Crippen LogP contribution in [0, 0.1) is 5.92 Å². The summed E-state index contributed by atoms with van der Waals surface area (Å²) in [5, 5.41) is 1.13. The molecule has 0 aromatic heterocycles. The molecule has 1 nitrogen and oxygen atoms in total. The molecule has 0 amide bonds. The molecule has 0 radical (unpaired) electrons. The molecular formula is C13H22OS. The molecule has 2 heteroatoms. The lowest BCUT2D eigenvalue weighted by atomic mass is 9.90. The first kappa shape index (κ1) is 11.5. The average molecular weight is 226 g/mol. The van der Waals surface area contributed by atoms with Crippen molar-refractivity contribution in [3.63, 3.8) is 0 Å². The van der Waals surface area contributed by atoms with E-state index in [-0.39, 0.29) is 0 Å². The van der Waals surface area contributed by atoms with Gasteiger partial charge in [-0.2, -0.15) is 0 Å². The van der Waals surface area contributed by atoms with Crippen molar-refractivity contribution in [2.45, 2.75) is 68.8 Å². The SMILES string of the molecule is CC1CCCC(SC2CCCCC2=O)C1. The lowest BCUT2D eigenvalue weighted by Crippen LogP contribution is -2.26. The Morgan fingerprint density at radius 3 is 2.73 bits per heavy atom. The van der Waals surface area contributed by atoms with Crippen molar-refractivity contribution in [3.05, 3.63) is 0 Å². The summed E-state index contributed by atoms with van der Waals surface area (Å²) in [5.74, 6) is 1.42. The second-order valence-electron chi connectivity index (χ2n) is 5.23. The lowest BCUT2D eigenvalue weighted by Gasteiger charge is -2.30. The third-order valence-electron chi connectivity index (χ3n) is 3.74. The molecule has 0 N–H and O–H groups in total. The number of carbonyl (C=O) groups excluding carboxylic acids is 1. The second kappa shape index (κ2) is 5.38. The Balaban J connectivity index is 1.81. The standard InChI is InChI=1S/C13H22OS/c1-10-5-4-6-11(9-10)15-13-8-3-2-7-12(13)14/h10-11,13H,2-9H2,1H3. The first-order valence-electron chi connectivity index (χ1n) is 6.44. The van der Waals surface area contributed by atoms with Crippen LogP contribution < -0.4 is 0 Å². The molecule has 0 heterocycles. The van der Waals surface area contributed by atoms with Crippen LogP contribution in [0.1, 0.15) is 58.3 Å². The zero-order chi connectivity index (χ0) is 10.7. The summed E-state index contributed by atoms with van der Waals surface area (Å²) in [6.45, 7) is 2.36. The van der Waals surface area contributed by atoms with Gasteiger partial charge >= 0.3 is 0 Å². The summed E-state index contributed by atoms with van der Waals surface area (Å²) < 4.78 is 0. The van der Waals surface area contributed by atoms with Gasteiger partial charge in [-0.1, -0.05) is 26.2 Å². The molecule has 0 bridgehead atoms. The smallest absolute Gasteiger partial charge is 0.145 e. The molecule has 2 fully saturated rings. The summed E-state index contributed by atoms with van der Waals surface area (Å²) in [7, 11) is 0. The number of Topliss-reactive ketones (excluding diaryl/α,β-unsaturated/α-hetero) is 1. The quantitative estimate of drug-likeness (QED) is 0.712. The Labute approximate surface area is 97.4 Å². The van der Waals surface area contributed by atoms with Crippen molar-refractivity contribution in [2.24, 2.45) is 5.92 Å². The summed E-state index contributed by atoms with van der Waals surface area (Å²) in [4.78, 5) is 11.7. The summed E-state index contributed by atoms with van der Waals surface area (Å²) in [5.41, 5.74) is 0. The van der Waals surface area contributed by atoms with Gasteiger partial charge in [0.15, 0.2) is 0 Å². The number of hydrogen-bond donors (Lipinski definition) is 0. The van der Waals surface area contributed by atoms with Crippen molar-refractivity contribution in [1.82, 2.24) is 0 Å². The first-order chi connectivity index (χ1) is 7.25.